The molecule has 0 N–H and O–H groups in total. The summed E-state index contributed by atoms with van der Waals surface area (Å²) in [6.45, 7) is 1.73. The van der Waals surface area contributed by atoms with Crippen molar-refractivity contribution in [1.29, 1.82) is 5.26 Å². The number of hydrogen-bond donors (Lipinski definition) is 0. The first kappa shape index (κ1) is 15.8. The van der Waals surface area contributed by atoms with E-state index in [2.05, 4.69) is 6.07 Å². The minimum absolute atomic E-state index is 0.290. The Balaban J connectivity index is 2.32. The van der Waals surface area contributed by atoms with E-state index in [0.717, 1.165) is 11.1 Å². The quantitative estimate of drug-likeness (QED) is 0.600. The van der Waals surface area contributed by atoms with Gasteiger partial charge in [0.2, 0.25) is 0 Å². The fourth-order valence-electron chi connectivity index (χ4n) is 2.64. The first-order valence-corrected chi connectivity index (χ1v) is 7.35. The third kappa shape index (κ3) is 3.53. The number of carbonyl (C=O) groups is 1. The fourth-order valence-corrected chi connectivity index (χ4v) is 2.64. The number of rotatable bonds is 6. The molecule has 0 spiro atoms. The van der Waals surface area contributed by atoms with E-state index in [9.17, 15) is 10.1 Å². The fraction of sp³-hybridized carbons (Fsp3) is 0.263. The third-order valence-corrected chi connectivity index (χ3v) is 3.73. The monoisotopic (exact) mass is 293 g/mol. The molecule has 22 heavy (non-hydrogen) atoms. The van der Waals surface area contributed by atoms with Gasteiger partial charge in [0.05, 0.1) is 12.7 Å². The Morgan fingerprint density at radius 3 is 1.95 bits per heavy atom. The lowest BCUT2D eigenvalue weighted by molar-refractivity contribution is -0.141. The van der Waals surface area contributed by atoms with Crippen LogP contribution in [0.15, 0.2) is 60.7 Å². The van der Waals surface area contributed by atoms with E-state index in [1.807, 2.05) is 60.7 Å². The van der Waals surface area contributed by atoms with Crippen LogP contribution in [0, 0.1) is 11.3 Å². The van der Waals surface area contributed by atoms with E-state index < -0.39 is 5.41 Å². The maximum Gasteiger partial charge on any atom is 0.302 e. The van der Waals surface area contributed by atoms with Gasteiger partial charge in [-0.1, -0.05) is 60.7 Å². The summed E-state index contributed by atoms with van der Waals surface area (Å²) in [6.07, 6.45) is 1.24. The molecule has 0 aliphatic heterocycles. The number of nitriles is 1. The van der Waals surface area contributed by atoms with Crippen molar-refractivity contribution in [2.75, 3.05) is 6.61 Å². The molecule has 112 valence electrons. The predicted molar refractivity (Wildman–Crippen MR) is 85.1 cm³/mol. The minimum Gasteiger partial charge on any atom is -0.466 e. The Morgan fingerprint density at radius 2 is 1.55 bits per heavy atom. The molecule has 0 amide bonds. The maximum atomic E-state index is 10.9. The van der Waals surface area contributed by atoms with Gasteiger partial charge in [0.1, 0.15) is 5.41 Å². The number of ether oxygens (including phenoxy) is 1. The lowest BCUT2D eigenvalue weighted by Gasteiger charge is -2.28. The Morgan fingerprint density at radius 1 is 1.05 bits per heavy atom. The molecule has 0 aliphatic carbocycles. The van der Waals surface area contributed by atoms with Crippen molar-refractivity contribution in [3.8, 4) is 6.07 Å². The molecule has 2 rings (SSSR count). The van der Waals surface area contributed by atoms with Gasteiger partial charge in [0.25, 0.3) is 0 Å². The van der Waals surface area contributed by atoms with Crippen LogP contribution in [0.5, 0.6) is 0 Å². The van der Waals surface area contributed by atoms with E-state index >= 15 is 0 Å². The molecule has 0 unspecified atom stereocenters. The number of benzene rings is 2. The SMILES string of the molecule is CC(=O)OCCCC(C#N)(c1ccccc1)c1ccccc1. The van der Waals surface area contributed by atoms with Gasteiger partial charge in [-0.05, 0) is 24.0 Å². The van der Waals surface area contributed by atoms with E-state index in [0.29, 0.717) is 19.4 Å². The largest absolute Gasteiger partial charge is 0.466 e. The van der Waals surface area contributed by atoms with Crippen molar-refractivity contribution in [2.24, 2.45) is 0 Å². The topological polar surface area (TPSA) is 50.1 Å². The lowest BCUT2D eigenvalue weighted by Crippen LogP contribution is -2.26. The highest BCUT2D eigenvalue weighted by molar-refractivity contribution is 5.65. The number of carbonyl (C=O) groups excluding carboxylic acids is 1. The highest BCUT2D eigenvalue weighted by Gasteiger charge is 2.33. The summed E-state index contributed by atoms with van der Waals surface area (Å²) in [5, 5.41) is 9.93. The van der Waals surface area contributed by atoms with E-state index in [4.69, 9.17) is 4.74 Å². The Labute approximate surface area is 131 Å². The van der Waals surface area contributed by atoms with Gasteiger partial charge in [-0.2, -0.15) is 5.26 Å². The summed E-state index contributed by atoms with van der Waals surface area (Å²) >= 11 is 0. The molecule has 0 radical (unpaired) electrons. The van der Waals surface area contributed by atoms with Crippen molar-refractivity contribution < 1.29 is 9.53 Å². The molecule has 2 aromatic rings. The molecule has 0 aliphatic rings. The average molecular weight is 293 g/mol. The second kappa shape index (κ2) is 7.42. The first-order valence-electron chi connectivity index (χ1n) is 7.35. The second-order valence-corrected chi connectivity index (χ2v) is 5.19. The summed E-state index contributed by atoms with van der Waals surface area (Å²) < 4.78 is 5.01. The molecule has 0 saturated heterocycles. The molecular weight excluding hydrogens is 274 g/mol. The summed E-state index contributed by atoms with van der Waals surface area (Å²) in [5.41, 5.74) is 1.21. The second-order valence-electron chi connectivity index (χ2n) is 5.19. The van der Waals surface area contributed by atoms with Gasteiger partial charge in [0.15, 0.2) is 0 Å². The van der Waals surface area contributed by atoms with Crippen molar-refractivity contribution in [1.82, 2.24) is 0 Å². The zero-order chi connectivity index (χ0) is 15.8. The van der Waals surface area contributed by atoms with Crippen molar-refractivity contribution in [3.63, 3.8) is 0 Å². The lowest BCUT2D eigenvalue weighted by atomic mass is 9.72. The van der Waals surface area contributed by atoms with Gasteiger partial charge in [-0.25, -0.2) is 0 Å². The van der Waals surface area contributed by atoms with Crippen LogP contribution in [0.4, 0.5) is 0 Å². The van der Waals surface area contributed by atoms with E-state index in [1.165, 1.54) is 6.92 Å². The molecule has 0 fully saturated rings. The summed E-state index contributed by atoms with van der Waals surface area (Å²) in [4.78, 5) is 10.9. The summed E-state index contributed by atoms with van der Waals surface area (Å²) in [7, 11) is 0. The molecule has 0 heterocycles. The Hall–Kier alpha value is -2.60. The van der Waals surface area contributed by atoms with Crippen LogP contribution in [0.1, 0.15) is 30.9 Å². The van der Waals surface area contributed by atoms with Crippen molar-refractivity contribution in [3.05, 3.63) is 71.8 Å². The van der Waals surface area contributed by atoms with Gasteiger partial charge >= 0.3 is 5.97 Å². The molecule has 3 nitrogen and oxygen atoms in total. The molecule has 2 aromatic carbocycles. The number of hydrogen-bond acceptors (Lipinski definition) is 3. The van der Waals surface area contributed by atoms with Crippen LogP contribution in [-0.2, 0) is 14.9 Å². The normalized spacial score (nSPS) is 10.7. The Kier molecular flexibility index (Phi) is 5.32. The molecule has 0 atom stereocenters. The zero-order valence-electron chi connectivity index (χ0n) is 12.7. The molecular formula is C19H19NO2. The minimum atomic E-state index is -0.720. The van der Waals surface area contributed by atoms with Crippen LogP contribution >= 0.6 is 0 Å². The van der Waals surface area contributed by atoms with Crippen LogP contribution in [0.2, 0.25) is 0 Å². The highest BCUT2D eigenvalue weighted by Crippen LogP contribution is 2.36. The van der Waals surface area contributed by atoms with Crippen molar-refractivity contribution >= 4 is 5.97 Å². The zero-order valence-corrected chi connectivity index (χ0v) is 12.7. The van der Waals surface area contributed by atoms with Gasteiger partial charge in [-0.3, -0.25) is 4.79 Å². The number of esters is 1. The maximum absolute atomic E-state index is 10.9. The molecule has 0 bridgehead atoms. The molecule has 0 saturated carbocycles. The van der Waals surface area contributed by atoms with E-state index in [-0.39, 0.29) is 5.97 Å². The average Bonchev–Trinajstić information content (AvgIpc) is 2.57. The van der Waals surface area contributed by atoms with Gasteiger partial charge in [-0.15, -0.1) is 0 Å². The standard InChI is InChI=1S/C19H19NO2/c1-16(21)22-14-8-13-19(15-20,17-9-4-2-5-10-17)18-11-6-3-7-12-18/h2-7,9-12H,8,13-14H2,1H3. The van der Waals surface area contributed by atoms with Crippen molar-refractivity contribution in [2.45, 2.75) is 25.2 Å². The highest BCUT2D eigenvalue weighted by atomic mass is 16.5. The first-order chi connectivity index (χ1) is 10.7. The van der Waals surface area contributed by atoms with E-state index in [1.54, 1.807) is 0 Å². The smallest absolute Gasteiger partial charge is 0.302 e. The summed E-state index contributed by atoms with van der Waals surface area (Å²) in [5.74, 6) is -0.290. The van der Waals surface area contributed by atoms with Crippen LogP contribution in [-0.4, -0.2) is 12.6 Å². The molecule has 0 aromatic heterocycles. The van der Waals surface area contributed by atoms with Crippen LogP contribution < -0.4 is 0 Å². The number of nitrogens with zero attached hydrogens (tertiary/aromatic N) is 1. The summed E-state index contributed by atoms with van der Waals surface area (Å²) in [6, 6.07) is 22.0. The Bertz CT molecular complexity index is 605. The van der Waals surface area contributed by atoms with Gasteiger partial charge < -0.3 is 4.74 Å². The van der Waals surface area contributed by atoms with Gasteiger partial charge in [0, 0.05) is 6.92 Å². The predicted octanol–water partition coefficient (Wildman–Crippen LogP) is 3.84. The van der Waals surface area contributed by atoms with Crippen LogP contribution in [0.25, 0.3) is 0 Å². The van der Waals surface area contributed by atoms with Crippen LogP contribution in [0.3, 0.4) is 0 Å². The molecule has 3 heteroatoms. The third-order valence-electron chi connectivity index (χ3n) is 3.73.